The number of aliphatic hydroxyl groups excluding tert-OH is 3. The molecule has 1 aromatic carbocycles. The molecule has 0 aliphatic carbocycles. The topological polar surface area (TPSA) is 202 Å². The Labute approximate surface area is 161 Å². The first-order chi connectivity index (χ1) is 13.6. The van der Waals surface area contributed by atoms with E-state index in [-0.39, 0.29) is 0 Å². The summed E-state index contributed by atoms with van der Waals surface area (Å²) < 4.78 is 32.5. The summed E-state index contributed by atoms with van der Waals surface area (Å²) in [6, 6.07) is 4.29. The van der Waals surface area contributed by atoms with Gasteiger partial charge < -0.3 is 20.1 Å². The zero-order chi connectivity index (χ0) is 21.6. The van der Waals surface area contributed by atoms with Crippen LogP contribution in [0.25, 0.3) is 0 Å². The number of benzene rings is 1. The summed E-state index contributed by atoms with van der Waals surface area (Å²) in [4.78, 5) is 35.0. The molecule has 156 valence electrons. The van der Waals surface area contributed by atoms with Crippen molar-refractivity contribution in [2.24, 2.45) is 0 Å². The molecule has 4 atom stereocenters. The van der Waals surface area contributed by atoms with E-state index in [0.717, 1.165) is 36.5 Å². The molecule has 0 unspecified atom stereocenters. The molecule has 3 rings (SSSR count). The van der Waals surface area contributed by atoms with Crippen molar-refractivity contribution in [1.82, 2.24) is 9.55 Å². The van der Waals surface area contributed by atoms with E-state index in [1.807, 2.05) is 4.98 Å². The van der Waals surface area contributed by atoms with E-state index in [1.165, 1.54) is 0 Å². The van der Waals surface area contributed by atoms with Crippen LogP contribution in [0.5, 0.6) is 0 Å². The summed E-state index contributed by atoms with van der Waals surface area (Å²) in [6.45, 7) is -0.895. The minimum Gasteiger partial charge on any atom is -0.394 e. The Morgan fingerprint density at radius 1 is 1.21 bits per heavy atom. The number of H-pyrrole nitrogens is 1. The Kier molecular flexibility index (Phi) is 5.14. The largest absolute Gasteiger partial charge is 0.394 e. The number of aliphatic hydroxyl groups is 3. The molecule has 0 radical (unpaired) electrons. The number of sulfone groups is 1. The van der Waals surface area contributed by atoms with Crippen molar-refractivity contribution in [2.45, 2.75) is 28.3 Å². The van der Waals surface area contributed by atoms with Gasteiger partial charge in [-0.25, -0.2) is 13.2 Å². The molecule has 14 heteroatoms. The lowest BCUT2D eigenvalue weighted by molar-refractivity contribution is -0.384. The van der Waals surface area contributed by atoms with E-state index < -0.39 is 66.6 Å². The van der Waals surface area contributed by atoms with Crippen LogP contribution in [0.1, 0.15) is 0 Å². The number of non-ortho nitro benzene ring substituents is 1. The maximum atomic E-state index is 13.4. The van der Waals surface area contributed by atoms with Crippen molar-refractivity contribution < 1.29 is 33.4 Å². The summed E-state index contributed by atoms with van der Waals surface area (Å²) in [6.07, 6.45) is -5.01. The van der Waals surface area contributed by atoms with Crippen LogP contribution in [0.15, 0.2) is 51.0 Å². The Hall–Kier alpha value is -2.91. The van der Waals surface area contributed by atoms with Gasteiger partial charge in [-0.1, -0.05) is 0 Å². The Balaban J connectivity index is 2.30. The number of nitro benzene ring substituents is 1. The number of aromatic nitrogens is 2. The Morgan fingerprint density at radius 3 is 2.31 bits per heavy atom. The standard InChI is InChI=1S/C15H15N3O10S/c19-7-10-12(21)13(22)15(28-10,17-6-5-11(20)16-14(17)23)29(26,27)9-3-1-8(2-4-9)18(24)25/h1-6,10,12-13,19,21-22H,7H2,(H,16,20,23)/t10-,12-,13-,15+/m1/s1. The van der Waals surface area contributed by atoms with Gasteiger partial charge in [0.05, 0.1) is 16.4 Å². The molecule has 0 amide bonds. The van der Waals surface area contributed by atoms with Crippen molar-refractivity contribution in [2.75, 3.05) is 6.61 Å². The van der Waals surface area contributed by atoms with E-state index in [2.05, 4.69) is 0 Å². The van der Waals surface area contributed by atoms with Crippen molar-refractivity contribution >= 4 is 15.5 Å². The average molecular weight is 429 g/mol. The molecule has 29 heavy (non-hydrogen) atoms. The number of aromatic amines is 1. The molecule has 13 nitrogen and oxygen atoms in total. The van der Waals surface area contributed by atoms with Crippen LogP contribution in [0, 0.1) is 10.1 Å². The van der Waals surface area contributed by atoms with Crippen molar-refractivity contribution in [3.63, 3.8) is 0 Å². The van der Waals surface area contributed by atoms with Crippen LogP contribution in [-0.2, 0) is 19.6 Å². The highest BCUT2D eigenvalue weighted by Crippen LogP contribution is 2.42. The fourth-order valence-corrected chi connectivity index (χ4v) is 4.99. The van der Waals surface area contributed by atoms with Gasteiger partial charge in [0.25, 0.3) is 16.3 Å². The summed E-state index contributed by atoms with van der Waals surface area (Å²) in [5.74, 6) is 0. The number of nitrogens with one attached hydrogen (secondary N) is 1. The lowest BCUT2D eigenvalue weighted by atomic mass is 10.1. The lowest BCUT2D eigenvalue weighted by Crippen LogP contribution is -2.56. The first-order valence-electron chi connectivity index (χ1n) is 8.02. The second-order valence-electron chi connectivity index (χ2n) is 6.14. The number of rotatable bonds is 5. The van der Waals surface area contributed by atoms with Crippen LogP contribution in [-0.4, -0.2) is 63.1 Å². The highest BCUT2D eigenvalue weighted by atomic mass is 32.2. The maximum absolute atomic E-state index is 13.4. The van der Waals surface area contributed by atoms with Crippen LogP contribution < -0.4 is 11.2 Å². The molecule has 2 aromatic rings. The third-order valence-electron chi connectivity index (χ3n) is 4.48. The minimum atomic E-state index is -4.88. The molecule has 0 bridgehead atoms. The summed E-state index contributed by atoms with van der Waals surface area (Å²) in [5, 5.41) is 37.9. The van der Waals surface area contributed by atoms with E-state index in [4.69, 9.17) is 4.74 Å². The molecular weight excluding hydrogens is 414 g/mol. The van der Waals surface area contributed by atoms with Crippen LogP contribution in [0.3, 0.4) is 0 Å². The van der Waals surface area contributed by atoms with Gasteiger partial charge in [-0.05, 0) is 12.1 Å². The number of nitrogens with zero attached hydrogens (tertiary/aromatic N) is 2. The number of hydrogen-bond acceptors (Lipinski definition) is 10. The molecule has 4 N–H and O–H groups in total. The first-order valence-corrected chi connectivity index (χ1v) is 9.51. The number of ether oxygens (including phenoxy) is 1. The monoisotopic (exact) mass is 429 g/mol. The summed E-state index contributed by atoms with van der Waals surface area (Å²) >= 11 is 0. The molecule has 1 aromatic heterocycles. The Bertz CT molecular complexity index is 1160. The third kappa shape index (κ3) is 3.06. The van der Waals surface area contributed by atoms with Gasteiger partial charge in [0.2, 0.25) is 9.84 Å². The number of nitro groups is 1. The normalized spacial score (nSPS) is 27.1. The summed E-state index contributed by atoms with van der Waals surface area (Å²) in [7, 11) is -4.88. The number of hydrogen-bond donors (Lipinski definition) is 4. The van der Waals surface area contributed by atoms with Gasteiger partial charge in [0, 0.05) is 24.4 Å². The van der Waals surface area contributed by atoms with E-state index in [9.17, 15) is 43.4 Å². The van der Waals surface area contributed by atoms with Gasteiger partial charge in [-0.3, -0.25) is 24.5 Å². The quantitative estimate of drug-likeness (QED) is 0.294. The van der Waals surface area contributed by atoms with Gasteiger partial charge in [0.15, 0.2) is 0 Å². The van der Waals surface area contributed by atoms with Gasteiger partial charge in [0.1, 0.15) is 18.3 Å². The fraction of sp³-hybridized carbons (Fsp3) is 0.333. The van der Waals surface area contributed by atoms with E-state index in [0.29, 0.717) is 4.57 Å². The summed E-state index contributed by atoms with van der Waals surface area (Å²) in [5.41, 5.74) is -2.55. The van der Waals surface area contributed by atoms with Gasteiger partial charge >= 0.3 is 5.69 Å². The molecule has 1 aliphatic rings. The molecule has 0 saturated carbocycles. The molecule has 1 aliphatic heterocycles. The maximum Gasteiger partial charge on any atom is 0.331 e. The first kappa shape index (κ1) is 20.8. The molecule has 1 saturated heterocycles. The SMILES string of the molecule is O=c1ccn([C@]2(S(=O)(=O)c3ccc([N+](=O)[O-])cc3)O[C@H](CO)[C@@H](O)[C@H]2O)c(=O)[nH]1. The zero-order valence-corrected chi connectivity index (χ0v) is 15.2. The zero-order valence-electron chi connectivity index (χ0n) is 14.4. The second kappa shape index (κ2) is 7.16. The predicted octanol–water partition coefficient (Wildman–Crippen LogP) is -2.36. The highest BCUT2D eigenvalue weighted by Gasteiger charge is 2.64. The smallest absolute Gasteiger partial charge is 0.331 e. The van der Waals surface area contributed by atoms with Crippen molar-refractivity contribution in [3.05, 3.63) is 67.5 Å². The van der Waals surface area contributed by atoms with Crippen LogP contribution >= 0.6 is 0 Å². The highest BCUT2D eigenvalue weighted by molar-refractivity contribution is 7.92. The van der Waals surface area contributed by atoms with E-state index >= 15 is 0 Å². The van der Waals surface area contributed by atoms with Gasteiger partial charge in [-0.2, -0.15) is 0 Å². The average Bonchev–Trinajstić information content (AvgIpc) is 2.94. The van der Waals surface area contributed by atoms with E-state index in [1.54, 1.807) is 0 Å². The van der Waals surface area contributed by atoms with Crippen LogP contribution in [0.2, 0.25) is 0 Å². The molecule has 0 spiro atoms. The third-order valence-corrected chi connectivity index (χ3v) is 6.68. The minimum absolute atomic E-state index is 0.370. The van der Waals surface area contributed by atoms with Crippen molar-refractivity contribution in [3.8, 4) is 0 Å². The van der Waals surface area contributed by atoms with Crippen LogP contribution in [0.4, 0.5) is 5.69 Å². The predicted molar refractivity (Wildman–Crippen MR) is 93.6 cm³/mol. The van der Waals surface area contributed by atoms with Gasteiger partial charge in [-0.15, -0.1) is 0 Å². The van der Waals surface area contributed by atoms with Crippen molar-refractivity contribution in [1.29, 1.82) is 0 Å². The Morgan fingerprint density at radius 2 is 1.83 bits per heavy atom. The molecule has 2 heterocycles. The second-order valence-corrected chi connectivity index (χ2v) is 8.20. The lowest BCUT2D eigenvalue weighted by Gasteiger charge is -2.32. The molecule has 1 fully saturated rings. The molecular formula is C15H15N3O10S. The fourth-order valence-electron chi connectivity index (χ4n) is 3.05.